The van der Waals surface area contributed by atoms with Crippen LogP contribution in [0.15, 0.2) is 4.99 Å². The zero-order valence-corrected chi connectivity index (χ0v) is 13.1. The Morgan fingerprint density at radius 2 is 1.89 bits per heavy atom. The summed E-state index contributed by atoms with van der Waals surface area (Å²) in [5, 5.41) is 6.77. The third-order valence-corrected chi connectivity index (χ3v) is 3.77. The molecule has 0 radical (unpaired) electrons. The maximum absolute atomic E-state index is 4.26. The molecule has 5 nitrogen and oxygen atoms in total. The highest BCUT2D eigenvalue weighted by Crippen LogP contribution is 2.03. The van der Waals surface area contributed by atoms with Crippen LogP contribution in [0.1, 0.15) is 26.7 Å². The molecular formula is C14H31N5. The summed E-state index contributed by atoms with van der Waals surface area (Å²) in [7, 11) is 4.03. The maximum atomic E-state index is 4.26. The van der Waals surface area contributed by atoms with Gasteiger partial charge in [-0.2, -0.15) is 0 Å². The Morgan fingerprint density at radius 1 is 1.21 bits per heavy atom. The molecule has 1 saturated heterocycles. The molecule has 19 heavy (non-hydrogen) atoms. The van der Waals surface area contributed by atoms with Crippen molar-refractivity contribution in [3.05, 3.63) is 0 Å². The van der Waals surface area contributed by atoms with E-state index in [1.165, 1.54) is 39.0 Å². The molecule has 1 aliphatic heterocycles. The van der Waals surface area contributed by atoms with Crippen LogP contribution in [-0.2, 0) is 0 Å². The predicted molar refractivity (Wildman–Crippen MR) is 82.8 cm³/mol. The summed E-state index contributed by atoms with van der Waals surface area (Å²) in [6, 6.07) is 0.554. The summed E-state index contributed by atoms with van der Waals surface area (Å²) >= 11 is 0. The van der Waals surface area contributed by atoms with Crippen molar-refractivity contribution in [2.75, 3.05) is 53.4 Å². The van der Waals surface area contributed by atoms with Crippen molar-refractivity contribution in [1.29, 1.82) is 0 Å². The lowest BCUT2D eigenvalue weighted by atomic mass is 10.2. The number of aliphatic imine (C=N–C) groups is 1. The number of guanidine groups is 1. The van der Waals surface area contributed by atoms with Gasteiger partial charge in [-0.05, 0) is 20.4 Å². The van der Waals surface area contributed by atoms with Crippen LogP contribution in [0, 0.1) is 0 Å². The number of piperazine rings is 1. The highest BCUT2D eigenvalue weighted by molar-refractivity contribution is 5.79. The van der Waals surface area contributed by atoms with E-state index in [1.807, 2.05) is 7.05 Å². The molecule has 0 bridgehead atoms. The van der Waals surface area contributed by atoms with Crippen LogP contribution in [0.25, 0.3) is 0 Å². The standard InChI is InChI=1S/C14H31N5/c1-5-6-7-16-14(15-3)17-12-13(2)19-10-8-18(4)9-11-19/h13H,5-12H2,1-4H3,(H2,15,16,17). The van der Waals surface area contributed by atoms with Crippen molar-refractivity contribution in [2.45, 2.75) is 32.7 Å². The first kappa shape index (κ1) is 16.2. The molecule has 1 fully saturated rings. The minimum atomic E-state index is 0.554. The fourth-order valence-corrected chi connectivity index (χ4v) is 2.24. The summed E-state index contributed by atoms with van der Waals surface area (Å²) < 4.78 is 0. The van der Waals surface area contributed by atoms with Crippen LogP contribution in [0.3, 0.4) is 0 Å². The first-order chi connectivity index (χ1) is 9.17. The van der Waals surface area contributed by atoms with Gasteiger partial charge in [0.15, 0.2) is 5.96 Å². The van der Waals surface area contributed by atoms with Gasteiger partial charge >= 0.3 is 0 Å². The monoisotopic (exact) mass is 269 g/mol. The minimum Gasteiger partial charge on any atom is -0.356 e. The summed E-state index contributed by atoms with van der Waals surface area (Å²) in [4.78, 5) is 9.20. The molecule has 1 unspecified atom stereocenters. The molecule has 0 aliphatic carbocycles. The maximum Gasteiger partial charge on any atom is 0.191 e. The molecule has 0 aromatic heterocycles. The second-order valence-electron chi connectivity index (χ2n) is 5.42. The van der Waals surface area contributed by atoms with E-state index in [-0.39, 0.29) is 0 Å². The molecule has 0 saturated carbocycles. The summed E-state index contributed by atoms with van der Waals surface area (Å²) in [5.74, 6) is 0.925. The normalized spacial score (nSPS) is 20.3. The van der Waals surface area contributed by atoms with Gasteiger partial charge in [0.2, 0.25) is 0 Å². The second kappa shape index (κ2) is 9.15. The van der Waals surface area contributed by atoms with Gasteiger partial charge < -0.3 is 15.5 Å². The van der Waals surface area contributed by atoms with Gasteiger partial charge in [0, 0.05) is 52.4 Å². The molecule has 5 heteroatoms. The molecule has 1 aliphatic rings. The fourth-order valence-electron chi connectivity index (χ4n) is 2.24. The van der Waals surface area contributed by atoms with E-state index in [0.717, 1.165) is 19.0 Å². The quantitative estimate of drug-likeness (QED) is 0.421. The Bertz CT molecular complexity index is 259. The lowest BCUT2D eigenvalue weighted by Crippen LogP contribution is -2.52. The van der Waals surface area contributed by atoms with Crippen molar-refractivity contribution in [2.24, 2.45) is 4.99 Å². The van der Waals surface area contributed by atoms with E-state index >= 15 is 0 Å². The lowest BCUT2D eigenvalue weighted by Gasteiger charge is -2.36. The zero-order valence-electron chi connectivity index (χ0n) is 13.1. The summed E-state index contributed by atoms with van der Waals surface area (Å²) in [6.07, 6.45) is 2.40. The number of nitrogens with zero attached hydrogens (tertiary/aromatic N) is 3. The Kier molecular flexibility index (Phi) is 7.82. The third-order valence-electron chi connectivity index (χ3n) is 3.77. The highest BCUT2D eigenvalue weighted by Gasteiger charge is 2.18. The Morgan fingerprint density at radius 3 is 2.47 bits per heavy atom. The molecule has 1 heterocycles. The van der Waals surface area contributed by atoms with E-state index in [2.05, 4.69) is 46.3 Å². The number of likely N-dealkylation sites (N-methyl/N-ethyl adjacent to an activating group) is 1. The largest absolute Gasteiger partial charge is 0.356 e. The fraction of sp³-hybridized carbons (Fsp3) is 0.929. The minimum absolute atomic E-state index is 0.554. The number of unbranched alkanes of at least 4 members (excludes halogenated alkanes) is 1. The Hall–Kier alpha value is -0.810. The molecule has 2 N–H and O–H groups in total. The molecule has 0 amide bonds. The van der Waals surface area contributed by atoms with Crippen LogP contribution in [-0.4, -0.2) is 75.2 Å². The molecule has 1 rings (SSSR count). The summed E-state index contributed by atoms with van der Waals surface area (Å²) in [5.41, 5.74) is 0. The SMILES string of the molecule is CCCCNC(=NC)NCC(C)N1CCN(C)CC1. The lowest BCUT2D eigenvalue weighted by molar-refractivity contribution is 0.120. The van der Waals surface area contributed by atoms with Crippen molar-refractivity contribution in [1.82, 2.24) is 20.4 Å². The smallest absolute Gasteiger partial charge is 0.191 e. The first-order valence-electron chi connectivity index (χ1n) is 7.54. The van der Waals surface area contributed by atoms with E-state index in [0.29, 0.717) is 6.04 Å². The second-order valence-corrected chi connectivity index (χ2v) is 5.42. The van der Waals surface area contributed by atoms with Gasteiger partial charge in [-0.1, -0.05) is 13.3 Å². The summed E-state index contributed by atoms with van der Waals surface area (Å²) in [6.45, 7) is 11.1. The number of hydrogen-bond donors (Lipinski definition) is 2. The molecule has 0 aromatic carbocycles. The van der Waals surface area contributed by atoms with Crippen molar-refractivity contribution >= 4 is 5.96 Å². The van der Waals surface area contributed by atoms with Crippen LogP contribution >= 0.6 is 0 Å². The topological polar surface area (TPSA) is 42.9 Å². The molecular weight excluding hydrogens is 238 g/mol. The van der Waals surface area contributed by atoms with Crippen molar-refractivity contribution in [3.63, 3.8) is 0 Å². The molecule has 0 spiro atoms. The van der Waals surface area contributed by atoms with Crippen LogP contribution < -0.4 is 10.6 Å². The van der Waals surface area contributed by atoms with Crippen LogP contribution in [0.2, 0.25) is 0 Å². The molecule has 0 aromatic rings. The van der Waals surface area contributed by atoms with Gasteiger partial charge in [0.1, 0.15) is 0 Å². The number of rotatable bonds is 6. The van der Waals surface area contributed by atoms with E-state index < -0.39 is 0 Å². The highest BCUT2D eigenvalue weighted by atomic mass is 15.3. The Balaban J connectivity index is 2.22. The van der Waals surface area contributed by atoms with E-state index in [9.17, 15) is 0 Å². The molecule has 1 atom stereocenters. The van der Waals surface area contributed by atoms with Gasteiger partial charge in [-0.25, -0.2) is 0 Å². The average molecular weight is 269 g/mol. The van der Waals surface area contributed by atoms with Crippen LogP contribution in [0.4, 0.5) is 0 Å². The predicted octanol–water partition coefficient (Wildman–Crippen LogP) is 0.587. The Labute approximate surface area is 118 Å². The number of nitrogens with one attached hydrogen (secondary N) is 2. The average Bonchev–Trinajstić information content (AvgIpc) is 2.43. The van der Waals surface area contributed by atoms with Crippen LogP contribution in [0.5, 0.6) is 0 Å². The zero-order chi connectivity index (χ0) is 14.1. The van der Waals surface area contributed by atoms with Gasteiger partial charge in [0.25, 0.3) is 0 Å². The first-order valence-corrected chi connectivity index (χ1v) is 7.54. The van der Waals surface area contributed by atoms with Crippen molar-refractivity contribution < 1.29 is 0 Å². The van der Waals surface area contributed by atoms with E-state index in [4.69, 9.17) is 0 Å². The number of hydrogen-bond acceptors (Lipinski definition) is 3. The van der Waals surface area contributed by atoms with Gasteiger partial charge in [-0.3, -0.25) is 9.89 Å². The third kappa shape index (κ3) is 6.25. The van der Waals surface area contributed by atoms with E-state index in [1.54, 1.807) is 0 Å². The molecule has 112 valence electrons. The van der Waals surface area contributed by atoms with Crippen molar-refractivity contribution in [3.8, 4) is 0 Å². The van der Waals surface area contributed by atoms with Gasteiger partial charge in [-0.15, -0.1) is 0 Å². The van der Waals surface area contributed by atoms with Gasteiger partial charge in [0.05, 0.1) is 0 Å².